The summed E-state index contributed by atoms with van der Waals surface area (Å²) >= 11 is 0. The van der Waals surface area contributed by atoms with Gasteiger partial charge in [-0.25, -0.2) is 29.5 Å². The lowest BCUT2D eigenvalue weighted by Crippen LogP contribution is -2.45. The highest BCUT2D eigenvalue weighted by molar-refractivity contribution is 5.81. The number of aliphatic hydroxyl groups is 2. The molecule has 272 valence electrons. The summed E-state index contributed by atoms with van der Waals surface area (Å²) in [6.07, 6.45) is 9.81. The van der Waals surface area contributed by atoms with Crippen molar-refractivity contribution in [2.75, 3.05) is 31.3 Å². The number of nitrogen functional groups attached to an aromatic ring is 3. The quantitative estimate of drug-likeness (QED) is 0.0883. The number of aromatic amines is 1. The lowest BCUT2D eigenvalue weighted by atomic mass is 10.2. The SMILES string of the molecule is C=C1NC(O)C=CN1C.CC1=CN(C)C(=O)NC1O.Cn1ccc(N)nc1=O.Cn1cnc2c(=O)[nH]c(N)nc21.Cn1cnc2c(N)ncnc21. The maximum atomic E-state index is 11.2. The normalized spacial score (nSPS) is 16.2. The molecule has 2 aliphatic heterocycles. The molecule has 0 bridgehead atoms. The van der Waals surface area contributed by atoms with Gasteiger partial charge in [-0.1, -0.05) is 6.58 Å². The Kier molecular flexibility index (Phi) is 12.9. The fourth-order valence-electron chi connectivity index (χ4n) is 3.86. The van der Waals surface area contributed by atoms with E-state index in [4.69, 9.17) is 27.4 Å². The number of H-pyrrole nitrogens is 1. The summed E-state index contributed by atoms with van der Waals surface area (Å²) in [5, 5.41) is 23.0. The molecule has 7 rings (SSSR count). The van der Waals surface area contributed by atoms with Crippen molar-refractivity contribution in [3.05, 3.63) is 88.5 Å². The maximum absolute atomic E-state index is 11.2. The van der Waals surface area contributed by atoms with Crippen LogP contribution < -0.4 is 39.1 Å². The van der Waals surface area contributed by atoms with E-state index in [0.29, 0.717) is 28.3 Å². The van der Waals surface area contributed by atoms with Crippen molar-refractivity contribution in [2.24, 2.45) is 21.1 Å². The van der Waals surface area contributed by atoms with Crippen molar-refractivity contribution in [1.29, 1.82) is 0 Å². The van der Waals surface area contributed by atoms with E-state index < -0.39 is 12.5 Å². The molecular formula is C29H41N17O5. The number of aliphatic hydroxyl groups excluding tert-OH is 2. The van der Waals surface area contributed by atoms with Gasteiger partial charge < -0.3 is 61.5 Å². The molecule has 0 spiro atoms. The molecule has 22 nitrogen and oxygen atoms in total. The number of fused-ring (bicyclic) bond motifs is 2. The monoisotopic (exact) mass is 707 g/mol. The Morgan fingerprint density at radius 3 is 2.04 bits per heavy atom. The van der Waals surface area contributed by atoms with Gasteiger partial charge in [0.15, 0.2) is 28.9 Å². The minimum Gasteiger partial charge on any atom is -0.383 e. The van der Waals surface area contributed by atoms with E-state index in [1.165, 1.54) is 22.1 Å². The maximum Gasteiger partial charge on any atom is 0.349 e. The third-order valence-corrected chi connectivity index (χ3v) is 6.75. The number of anilines is 3. The second-order valence-electron chi connectivity index (χ2n) is 10.8. The van der Waals surface area contributed by atoms with Gasteiger partial charge >= 0.3 is 11.7 Å². The molecule has 0 saturated heterocycles. The molecule has 2 atom stereocenters. The number of nitrogens with one attached hydrogen (secondary N) is 3. The largest absolute Gasteiger partial charge is 0.383 e. The molecule has 0 aliphatic carbocycles. The van der Waals surface area contributed by atoms with Gasteiger partial charge in [-0.3, -0.25) is 9.78 Å². The van der Waals surface area contributed by atoms with Crippen molar-refractivity contribution in [1.82, 2.24) is 69.0 Å². The number of urea groups is 1. The van der Waals surface area contributed by atoms with Crippen molar-refractivity contribution in [3.8, 4) is 0 Å². The number of hydrogen-bond donors (Lipinski definition) is 8. The van der Waals surface area contributed by atoms with Gasteiger partial charge in [-0.15, -0.1) is 0 Å². The van der Waals surface area contributed by atoms with Crippen LogP contribution in [0.25, 0.3) is 22.3 Å². The molecule has 5 aromatic rings. The second kappa shape index (κ2) is 17.0. The molecule has 2 aliphatic rings. The highest BCUT2D eigenvalue weighted by atomic mass is 16.3. The van der Waals surface area contributed by atoms with Crippen LogP contribution in [0.5, 0.6) is 0 Å². The number of amides is 2. The number of imidazole rings is 2. The standard InChI is InChI=1S/C6H7N5O.C6H7N5.C6H10N2O2.C6H10N2O.C5H7N3O/c1-11-2-8-3-4(11)9-6(7)10-5(3)12;1-11-3-10-4-5(7)8-2-9-6(4)11;1-4-3-8(2)6(10)7-5(4)9;1-5-7-6(9)3-4-8(5)2;1-8-3-2-4(6)7-5(8)9/h2H,1H3,(H3,7,9,10,12);2-3H,1H3,(H2,7,8,9);3,5,9H,1-2H3,(H,7,10);3-4,6-7,9H,1H2,2H3;2-3H,1H3,(H2,6,7,9). The first-order valence-electron chi connectivity index (χ1n) is 14.8. The summed E-state index contributed by atoms with van der Waals surface area (Å²) in [5.41, 5.74) is 18.4. The van der Waals surface area contributed by atoms with Crippen LogP contribution in [0.1, 0.15) is 6.92 Å². The minimum absolute atomic E-state index is 0.108. The first-order chi connectivity index (χ1) is 24.0. The van der Waals surface area contributed by atoms with Crippen LogP contribution in [-0.2, 0) is 21.1 Å². The van der Waals surface area contributed by atoms with E-state index in [-0.39, 0.29) is 29.0 Å². The molecule has 7 heterocycles. The topological polar surface area (TPSA) is 308 Å². The van der Waals surface area contributed by atoms with Crippen LogP contribution in [0.4, 0.5) is 22.4 Å². The zero-order chi connectivity index (χ0) is 38.0. The number of nitrogens with zero attached hydrogens (tertiary/aromatic N) is 11. The smallest absolute Gasteiger partial charge is 0.349 e. The lowest BCUT2D eigenvalue weighted by Gasteiger charge is -2.25. The summed E-state index contributed by atoms with van der Waals surface area (Å²) in [6, 6.07) is 1.29. The summed E-state index contributed by atoms with van der Waals surface area (Å²) in [5.74, 6) is 1.51. The zero-order valence-electron chi connectivity index (χ0n) is 28.8. The number of carbonyl (C=O) groups excluding carboxylic acids is 1. The van der Waals surface area contributed by atoms with Crippen LogP contribution in [0.3, 0.4) is 0 Å². The Balaban J connectivity index is 0.000000173. The molecule has 11 N–H and O–H groups in total. The molecule has 0 fully saturated rings. The molecule has 51 heavy (non-hydrogen) atoms. The predicted molar refractivity (Wildman–Crippen MR) is 189 cm³/mol. The average Bonchev–Trinajstić information content (AvgIpc) is 3.64. The molecule has 0 radical (unpaired) electrons. The van der Waals surface area contributed by atoms with Crippen molar-refractivity contribution >= 4 is 45.9 Å². The van der Waals surface area contributed by atoms with Gasteiger partial charge in [-0.2, -0.15) is 9.97 Å². The van der Waals surface area contributed by atoms with E-state index in [1.807, 2.05) is 14.1 Å². The Morgan fingerprint density at radius 2 is 1.47 bits per heavy atom. The number of carbonyl (C=O) groups is 1. The molecule has 2 unspecified atom stereocenters. The van der Waals surface area contributed by atoms with Crippen LogP contribution in [0.2, 0.25) is 0 Å². The van der Waals surface area contributed by atoms with Crippen LogP contribution in [0, 0.1) is 0 Å². The van der Waals surface area contributed by atoms with Gasteiger partial charge in [0, 0.05) is 53.8 Å². The van der Waals surface area contributed by atoms with Crippen LogP contribution >= 0.6 is 0 Å². The predicted octanol–water partition coefficient (Wildman–Crippen LogP) is -1.76. The Bertz CT molecular complexity index is 2170. The average molecular weight is 708 g/mol. The van der Waals surface area contributed by atoms with Gasteiger partial charge in [-0.05, 0) is 24.6 Å². The van der Waals surface area contributed by atoms with Crippen molar-refractivity contribution in [2.45, 2.75) is 19.4 Å². The highest BCUT2D eigenvalue weighted by Gasteiger charge is 2.18. The van der Waals surface area contributed by atoms with Crippen molar-refractivity contribution < 1.29 is 15.0 Å². The number of nitrogens with two attached hydrogens (primary N) is 3. The Morgan fingerprint density at radius 1 is 0.824 bits per heavy atom. The van der Waals surface area contributed by atoms with Crippen LogP contribution in [-0.4, -0.2) is 101 Å². The molecule has 22 heteroatoms. The first-order valence-corrected chi connectivity index (χ1v) is 14.8. The molecule has 0 aromatic carbocycles. The van der Waals surface area contributed by atoms with Crippen molar-refractivity contribution in [3.63, 3.8) is 0 Å². The second-order valence-corrected chi connectivity index (χ2v) is 10.8. The van der Waals surface area contributed by atoms with Gasteiger partial charge in [0.1, 0.15) is 23.9 Å². The number of hydrogen-bond acceptors (Lipinski definition) is 16. The van der Waals surface area contributed by atoms with E-state index in [1.54, 1.807) is 79.2 Å². The molecule has 2 amide bonds. The van der Waals surface area contributed by atoms with Gasteiger partial charge in [0.05, 0.1) is 18.5 Å². The van der Waals surface area contributed by atoms with Gasteiger partial charge in [0.25, 0.3) is 5.56 Å². The molecular weight excluding hydrogens is 666 g/mol. The Hall–Kier alpha value is -6.81. The fourth-order valence-corrected chi connectivity index (χ4v) is 3.86. The van der Waals surface area contributed by atoms with Crippen LogP contribution in [0.15, 0.2) is 77.3 Å². The summed E-state index contributed by atoms with van der Waals surface area (Å²) in [6.45, 7) is 5.40. The fraction of sp³-hybridized carbons (Fsp3) is 0.276. The lowest BCUT2D eigenvalue weighted by molar-refractivity contribution is 0.148. The first kappa shape index (κ1) is 38.6. The third-order valence-electron chi connectivity index (χ3n) is 6.75. The summed E-state index contributed by atoms with van der Waals surface area (Å²) in [4.78, 5) is 61.2. The van der Waals surface area contributed by atoms with Gasteiger partial charge in [0.2, 0.25) is 5.95 Å². The molecule has 5 aromatic heterocycles. The number of rotatable bonds is 0. The third kappa shape index (κ3) is 10.6. The highest BCUT2D eigenvalue weighted by Crippen LogP contribution is 2.12. The van der Waals surface area contributed by atoms with E-state index in [9.17, 15) is 14.4 Å². The Labute approximate surface area is 290 Å². The van der Waals surface area contributed by atoms with E-state index in [2.05, 4.69) is 52.1 Å². The number of aromatic nitrogens is 10. The van der Waals surface area contributed by atoms with E-state index in [0.717, 1.165) is 11.2 Å². The zero-order valence-corrected chi connectivity index (χ0v) is 28.8. The number of aryl methyl sites for hydroxylation is 3. The minimum atomic E-state index is -0.816. The van der Waals surface area contributed by atoms with E-state index >= 15 is 0 Å². The molecule has 0 saturated carbocycles. The summed E-state index contributed by atoms with van der Waals surface area (Å²) < 4.78 is 4.80. The summed E-state index contributed by atoms with van der Waals surface area (Å²) in [7, 11) is 8.72.